The molecule has 116 valence electrons. The number of fused-ring (bicyclic) bond motifs is 4. The van der Waals surface area contributed by atoms with E-state index < -0.39 is 0 Å². The number of nitrogens with zero attached hydrogens (tertiary/aromatic N) is 2. The molecule has 3 saturated heterocycles. The average Bonchev–Trinajstić information content (AvgIpc) is 3.18. The molecule has 1 N–H and O–H groups in total. The van der Waals surface area contributed by atoms with Crippen molar-refractivity contribution in [1.29, 1.82) is 0 Å². The predicted molar refractivity (Wildman–Crippen MR) is 85.0 cm³/mol. The van der Waals surface area contributed by atoms with Gasteiger partial charge in [0.1, 0.15) is 0 Å². The summed E-state index contributed by atoms with van der Waals surface area (Å²) in [7, 11) is 0. The van der Waals surface area contributed by atoms with Crippen LogP contribution in [0.15, 0.2) is 0 Å². The van der Waals surface area contributed by atoms with Gasteiger partial charge in [0.15, 0.2) is 0 Å². The molecule has 20 heavy (non-hydrogen) atoms. The Morgan fingerprint density at radius 2 is 1.55 bits per heavy atom. The molecule has 0 amide bonds. The minimum Gasteiger partial charge on any atom is -0.311 e. The molecule has 3 heteroatoms. The van der Waals surface area contributed by atoms with E-state index in [0.717, 1.165) is 36.1 Å². The van der Waals surface area contributed by atoms with Crippen LogP contribution in [0.5, 0.6) is 0 Å². The maximum Gasteiger partial charge on any atom is 0.0239 e. The highest BCUT2D eigenvalue weighted by atomic mass is 15.3. The van der Waals surface area contributed by atoms with E-state index in [1.54, 1.807) is 0 Å². The van der Waals surface area contributed by atoms with Crippen molar-refractivity contribution < 1.29 is 0 Å². The third-order valence-electron chi connectivity index (χ3n) is 5.88. The Bertz CT molecular complexity index is 296. The Kier molecular flexibility index (Phi) is 4.40. The second kappa shape index (κ2) is 5.94. The molecule has 0 spiro atoms. The van der Waals surface area contributed by atoms with Crippen LogP contribution in [-0.4, -0.2) is 59.6 Å². The standard InChI is InChI=1S/C9H17N.C8H16N2/c1-7(2)10-6-8-3-4-9(10)5-8;1-6(2)10-5-7-3-8(10)4-9-7/h7-9H,3-6H2,1-2H3;6-9H,3-5H2,1-2H3. The summed E-state index contributed by atoms with van der Waals surface area (Å²) in [4.78, 5) is 5.29. The van der Waals surface area contributed by atoms with Crippen LogP contribution in [0.3, 0.4) is 0 Å². The Labute approximate surface area is 125 Å². The molecule has 0 radical (unpaired) electrons. The molecule has 4 aliphatic rings. The highest BCUT2D eigenvalue weighted by molar-refractivity contribution is 4.98. The molecule has 4 fully saturated rings. The molecule has 1 saturated carbocycles. The quantitative estimate of drug-likeness (QED) is 0.837. The van der Waals surface area contributed by atoms with Gasteiger partial charge < -0.3 is 5.32 Å². The topological polar surface area (TPSA) is 18.5 Å². The summed E-state index contributed by atoms with van der Waals surface area (Å²) in [6.45, 7) is 13.1. The normalized spacial score (nSPS) is 39.9. The molecule has 3 nitrogen and oxygen atoms in total. The molecular formula is C17H33N3. The molecule has 0 aromatic carbocycles. The van der Waals surface area contributed by atoms with Crippen molar-refractivity contribution in [2.24, 2.45) is 5.92 Å². The van der Waals surface area contributed by atoms with Crippen LogP contribution in [-0.2, 0) is 0 Å². The summed E-state index contributed by atoms with van der Waals surface area (Å²) in [6.07, 6.45) is 5.87. The summed E-state index contributed by atoms with van der Waals surface area (Å²) in [5, 5.41) is 3.50. The second-order valence-corrected chi connectivity index (χ2v) is 7.91. The summed E-state index contributed by atoms with van der Waals surface area (Å²) in [5.41, 5.74) is 0. The zero-order valence-electron chi connectivity index (χ0n) is 13.8. The number of rotatable bonds is 2. The van der Waals surface area contributed by atoms with Crippen LogP contribution in [0, 0.1) is 5.92 Å². The first kappa shape index (κ1) is 14.8. The van der Waals surface area contributed by atoms with Gasteiger partial charge in [-0.05, 0) is 59.3 Å². The molecule has 4 atom stereocenters. The van der Waals surface area contributed by atoms with Crippen LogP contribution in [0.25, 0.3) is 0 Å². The summed E-state index contributed by atoms with van der Waals surface area (Å²) in [5.74, 6) is 1.06. The second-order valence-electron chi connectivity index (χ2n) is 7.91. The summed E-state index contributed by atoms with van der Waals surface area (Å²) >= 11 is 0. The van der Waals surface area contributed by atoms with Crippen molar-refractivity contribution in [3.8, 4) is 0 Å². The van der Waals surface area contributed by atoms with Gasteiger partial charge in [-0.1, -0.05) is 0 Å². The predicted octanol–water partition coefficient (Wildman–Crippen LogP) is 2.32. The fourth-order valence-electron chi connectivity index (χ4n) is 4.82. The van der Waals surface area contributed by atoms with Gasteiger partial charge in [0.05, 0.1) is 0 Å². The molecule has 0 aromatic rings. The Morgan fingerprint density at radius 3 is 1.85 bits per heavy atom. The fraction of sp³-hybridized carbons (Fsp3) is 1.00. The van der Waals surface area contributed by atoms with Crippen LogP contribution >= 0.6 is 0 Å². The first-order chi connectivity index (χ1) is 9.54. The van der Waals surface area contributed by atoms with E-state index in [-0.39, 0.29) is 0 Å². The van der Waals surface area contributed by atoms with Gasteiger partial charge in [0.25, 0.3) is 0 Å². The maximum atomic E-state index is 3.50. The van der Waals surface area contributed by atoms with Crippen molar-refractivity contribution in [2.75, 3.05) is 19.6 Å². The number of piperidine rings is 1. The molecule has 0 aromatic heterocycles. The van der Waals surface area contributed by atoms with Crippen molar-refractivity contribution in [2.45, 2.75) is 83.6 Å². The zero-order chi connectivity index (χ0) is 14.3. The highest BCUT2D eigenvalue weighted by Crippen LogP contribution is 2.38. The van der Waals surface area contributed by atoms with Crippen molar-refractivity contribution in [3.63, 3.8) is 0 Å². The van der Waals surface area contributed by atoms with Gasteiger partial charge in [-0.15, -0.1) is 0 Å². The van der Waals surface area contributed by atoms with Gasteiger partial charge >= 0.3 is 0 Å². The van der Waals surface area contributed by atoms with E-state index in [0.29, 0.717) is 0 Å². The molecule has 4 bridgehead atoms. The van der Waals surface area contributed by atoms with E-state index in [1.807, 2.05) is 0 Å². The van der Waals surface area contributed by atoms with Gasteiger partial charge in [0, 0.05) is 49.8 Å². The lowest BCUT2D eigenvalue weighted by atomic mass is 10.1. The zero-order valence-corrected chi connectivity index (χ0v) is 13.8. The van der Waals surface area contributed by atoms with Gasteiger partial charge in [-0.2, -0.15) is 0 Å². The number of nitrogens with one attached hydrogen (secondary N) is 1. The minimum atomic E-state index is 0.747. The van der Waals surface area contributed by atoms with Gasteiger partial charge in [0.2, 0.25) is 0 Å². The van der Waals surface area contributed by atoms with E-state index in [9.17, 15) is 0 Å². The first-order valence-electron chi connectivity index (χ1n) is 8.79. The van der Waals surface area contributed by atoms with Crippen LogP contribution in [0.1, 0.15) is 53.4 Å². The van der Waals surface area contributed by atoms with E-state index in [1.165, 1.54) is 45.3 Å². The SMILES string of the molecule is CC(C)N1CC2CC1CN2.CC(C)N1CC2CCC1C2. The van der Waals surface area contributed by atoms with Crippen LogP contribution < -0.4 is 5.32 Å². The molecular weight excluding hydrogens is 246 g/mol. The number of hydrogen-bond acceptors (Lipinski definition) is 3. The molecule has 4 unspecified atom stereocenters. The first-order valence-corrected chi connectivity index (χ1v) is 8.79. The number of hydrogen-bond donors (Lipinski definition) is 1. The van der Waals surface area contributed by atoms with Crippen molar-refractivity contribution in [1.82, 2.24) is 15.1 Å². The van der Waals surface area contributed by atoms with Crippen molar-refractivity contribution >= 4 is 0 Å². The Hall–Kier alpha value is -0.120. The van der Waals surface area contributed by atoms with E-state index in [4.69, 9.17) is 0 Å². The molecule has 1 aliphatic carbocycles. The minimum absolute atomic E-state index is 0.747. The maximum absolute atomic E-state index is 3.50. The highest BCUT2D eigenvalue weighted by Gasteiger charge is 2.39. The third kappa shape index (κ3) is 2.90. The van der Waals surface area contributed by atoms with Gasteiger partial charge in [-0.25, -0.2) is 0 Å². The van der Waals surface area contributed by atoms with Gasteiger partial charge in [-0.3, -0.25) is 9.80 Å². The third-order valence-corrected chi connectivity index (χ3v) is 5.88. The number of piperazine rings is 1. The summed E-state index contributed by atoms with van der Waals surface area (Å²) in [6, 6.07) is 4.16. The smallest absolute Gasteiger partial charge is 0.0239 e. The largest absolute Gasteiger partial charge is 0.311 e. The lowest BCUT2D eigenvalue weighted by Gasteiger charge is -2.30. The monoisotopic (exact) mass is 279 g/mol. The lowest BCUT2D eigenvalue weighted by Crippen LogP contribution is -2.46. The Balaban J connectivity index is 0.000000121. The van der Waals surface area contributed by atoms with E-state index >= 15 is 0 Å². The average molecular weight is 279 g/mol. The molecule has 4 rings (SSSR count). The summed E-state index contributed by atoms with van der Waals surface area (Å²) < 4.78 is 0. The van der Waals surface area contributed by atoms with Crippen LogP contribution in [0.4, 0.5) is 0 Å². The fourth-order valence-corrected chi connectivity index (χ4v) is 4.82. The lowest BCUT2D eigenvalue weighted by molar-refractivity contribution is 0.170. The molecule has 3 aliphatic heterocycles. The Morgan fingerprint density at radius 1 is 0.850 bits per heavy atom. The van der Waals surface area contributed by atoms with Crippen molar-refractivity contribution in [3.05, 3.63) is 0 Å². The van der Waals surface area contributed by atoms with E-state index in [2.05, 4.69) is 42.8 Å². The van der Waals surface area contributed by atoms with Crippen LogP contribution in [0.2, 0.25) is 0 Å². The number of likely N-dealkylation sites (tertiary alicyclic amines) is 2. The molecule has 3 heterocycles.